The summed E-state index contributed by atoms with van der Waals surface area (Å²) in [6, 6.07) is 10.8. The normalized spacial score (nSPS) is 15.6. The summed E-state index contributed by atoms with van der Waals surface area (Å²) in [5.74, 6) is 1.81. The van der Waals surface area contributed by atoms with E-state index >= 15 is 0 Å². The van der Waals surface area contributed by atoms with E-state index in [1.54, 1.807) is 7.11 Å². The molecular formula is C20H34IN3O2. The predicted octanol–water partition coefficient (Wildman–Crippen LogP) is 3.19. The van der Waals surface area contributed by atoms with Gasteiger partial charge in [0, 0.05) is 40.4 Å². The number of ether oxygens (including phenoxy) is 2. The van der Waals surface area contributed by atoms with Gasteiger partial charge in [0.05, 0.1) is 13.2 Å². The van der Waals surface area contributed by atoms with Crippen LogP contribution in [0.25, 0.3) is 0 Å². The van der Waals surface area contributed by atoms with Crippen LogP contribution in [-0.4, -0.2) is 64.5 Å². The Morgan fingerprint density at radius 2 is 1.88 bits per heavy atom. The molecular weight excluding hydrogens is 441 g/mol. The number of guanidine groups is 1. The number of hydrogen-bond donors (Lipinski definition) is 1. The lowest BCUT2D eigenvalue weighted by Gasteiger charge is -2.34. The maximum absolute atomic E-state index is 5.49. The van der Waals surface area contributed by atoms with Crippen molar-refractivity contribution in [3.63, 3.8) is 0 Å². The van der Waals surface area contributed by atoms with E-state index < -0.39 is 0 Å². The van der Waals surface area contributed by atoms with Crippen LogP contribution in [0.5, 0.6) is 0 Å². The Morgan fingerprint density at radius 1 is 1.15 bits per heavy atom. The molecule has 1 aliphatic rings. The molecule has 1 saturated heterocycles. The second-order valence-electron chi connectivity index (χ2n) is 6.55. The monoisotopic (exact) mass is 475 g/mol. The first-order valence-corrected chi connectivity index (χ1v) is 9.39. The first-order valence-electron chi connectivity index (χ1n) is 9.39. The third-order valence-electron chi connectivity index (χ3n) is 4.67. The second kappa shape index (κ2) is 14.2. The van der Waals surface area contributed by atoms with Gasteiger partial charge >= 0.3 is 0 Å². The summed E-state index contributed by atoms with van der Waals surface area (Å²) in [4.78, 5) is 6.82. The minimum absolute atomic E-state index is 0. The molecule has 26 heavy (non-hydrogen) atoms. The zero-order valence-electron chi connectivity index (χ0n) is 16.2. The smallest absolute Gasteiger partial charge is 0.193 e. The summed E-state index contributed by atoms with van der Waals surface area (Å²) in [6.45, 7) is 5.15. The third-order valence-corrected chi connectivity index (χ3v) is 4.67. The van der Waals surface area contributed by atoms with Crippen LogP contribution in [0, 0.1) is 5.92 Å². The maximum atomic E-state index is 5.49. The Morgan fingerprint density at radius 3 is 2.54 bits per heavy atom. The number of rotatable bonds is 9. The summed E-state index contributed by atoms with van der Waals surface area (Å²) >= 11 is 0. The van der Waals surface area contributed by atoms with Crippen molar-refractivity contribution < 1.29 is 9.47 Å². The Hall–Kier alpha value is -0.860. The number of piperidine rings is 1. The van der Waals surface area contributed by atoms with E-state index in [-0.39, 0.29) is 24.0 Å². The summed E-state index contributed by atoms with van der Waals surface area (Å²) in [5, 5.41) is 3.46. The van der Waals surface area contributed by atoms with Gasteiger partial charge in [0.2, 0.25) is 0 Å². The van der Waals surface area contributed by atoms with Gasteiger partial charge in [0.15, 0.2) is 5.96 Å². The van der Waals surface area contributed by atoms with Crippen LogP contribution in [-0.2, 0) is 15.9 Å². The Labute approximate surface area is 175 Å². The lowest BCUT2D eigenvalue weighted by Crippen LogP contribution is -2.46. The van der Waals surface area contributed by atoms with E-state index in [2.05, 4.69) is 45.5 Å². The quantitative estimate of drug-likeness (QED) is 0.258. The van der Waals surface area contributed by atoms with Gasteiger partial charge in [-0.25, -0.2) is 0 Å². The minimum atomic E-state index is 0. The molecule has 1 N–H and O–H groups in total. The van der Waals surface area contributed by atoms with E-state index in [9.17, 15) is 0 Å². The average Bonchev–Trinajstić information content (AvgIpc) is 2.66. The summed E-state index contributed by atoms with van der Waals surface area (Å²) in [7, 11) is 3.56. The number of nitrogens with zero attached hydrogens (tertiary/aromatic N) is 2. The van der Waals surface area contributed by atoms with Crippen LogP contribution in [0.4, 0.5) is 0 Å². The van der Waals surface area contributed by atoms with Crippen molar-refractivity contribution in [3.05, 3.63) is 35.9 Å². The minimum Gasteiger partial charge on any atom is -0.382 e. The molecule has 0 aromatic heterocycles. The van der Waals surface area contributed by atoms with Crippen molar-refractivity contribution >= 4 is 29.9 Å². The first kappa shape index (κ1) is 23.2. The van der Waals surface area contributed by atoms with Crippen molar-refractivity contribution in [1.29, 1.82) is 0 Å². The van der Waals surface area contributed by atoms with E-state index in [1.165, 1.54) is 24.8 Å². The van der Waals surface area contributed by atoms with Crippen molar-refractivity contribution in [2.45, 2.75) is 25.7 Å². The fourth-order valence-electron chi connectivity index (χ4n) is 3.25. The third kappa shape index (κ3) is 8.68. The lowest BCUT2D eigenvalue weighted by atomic mass is 9.90. The van der Waals surface area contributed by atoms with E-state index in [0.717, 1.165) is 44.5 Å². The SMILES string of the molecule is CN=C(NCCCOCCOC)N1CCC(Cc2ccccc2)CC1.I. The van der Waals surface area contributed by atoms with E-state index in [0.29, 0.717) is 13.2 Å². The highest BCUT2D eigenvalue weighted by molar-refractivity contribution is 14.0. The molecule has 0 bridgehead atoms. The molecule has 1 heterocycles. The largest absolute Gasteiger partial charge is 0.382 e. The molecule has 1 fully saturated rings. The molecule has 0 radical (unpaired) electrons. The summed E-state index contributed by atoms with van der Waals surface area (Å²) in [5.41, 5.74) is 1.46. The highest BCUT2D eigenvalue weighted by Gasteiger charge is 2.21. The van der Waals surface area contributed by atoms with Crippen molar-refractivity contribution in [2.24, 2.45) is 10.9 Å². The number of hydrogen-bond acceptors (Lipinski definition) is 3. The molecule has 0 saturated carbocycles. The van der Waals surface area contributed by atoms with Gasteiger partial charge in [-0.05, 0) is 37.2 Å². The molecule has 1 aliphatic heterocycles. The van der Waals surface area contributed by atoms with Crippen LogP contribution in [0.3, 0.4) is 0 Å². The zero-order chi connectivity index (χ0) is 17.7. The number of halogens is 1. The Kier molecular flexibility index (Phi) is 12.7. The second-order valence-corrected chi connectivity index (χ2v) is 6.55. The molecule has 0 spiro atoms. The summed E-state index contributed by atoms with van der Waals surface area (Å²) in [6.07, 6.45) is 4.64. The van der Waals surface area contributed by atoms with Crippen LogP contribution in [0.2, 0.25) is 0 Å². The highest BCUT2D eigenvalue weighted by Crippen LogP contribution is 2.21. The molecule has 1 aromatic carbocycles. The number of likely N-dealkylation sites (tertiary alicyclic amines) is 1. The fraction of sp³-hybridized carbons (Fsp3) is 0.650. The van der Waals surface area contributed by atoms with Crippen molar-refractivity contribution in [3.8, 4) is 0 Å². The Bertz CT molecular complexity index is 491. The first-order chi connectivity index (χ1) is 12.3. The van der Waals surface area contributed by atoms with Gasteiger partial charge in [0.25, 0.3) is 0 Å². The van der Waals surface area contributed by atoms with Crippen LogP contribution in [0.15, 0.2) is 35.3 Å². The highest BCUT2D eigenvalue weighted by atomic mass is 127. The van der Waals surface area contributed by atoms with Crippen LogP contribution >= 0.6 is 24.0 Å². The number of nitrogens with one attached hydrogen (secondary N) is 1. The van der Waals surface area contributed by atoms with Gasteiger partial charge in [-0.1, -0.05) is 30.3 Å². The molecule has 1 aromatic rings. The molecule has 0 atom stereocenters. The van der Waals surface area contributed by atoms with E-state index in [1.807, 2.05) is 7.05 Å². The molecule has 0 aliphatic carbocycles. The molecule has 0 unspecified atom stereocenters. The number of methoxy groups -OCH3 is 1. The zero-order valence-corrected chi connectivity index (χ0v) is 18.5. The maximum Gasteiger partial charge on any atom is 0.193 e. The van der Waals surface area contributed by atoms with E-state index in [4.69, 9.17) is 9.47 Å². The van der Waals surface area contributed by atoms with Crippen LogP contribution < -0.4 is 5.32 Å². The summed E-state index contributed by atoms with van der Waals surface area (Å²) < 4.78 is 10.5. The van der Waals surface area contributed by atoms with Gasteiger partial charge < -0.3 is 19.7 Å². The molecule has 5 nitrogen and oxygen atoms in total. The number of benzene rings is 1. The average molecular weight is 475 g/mol. The van der Waals surface area contributed by atoms with Crippen molar-refractivity contribution in [2.75, 3.05) is 53.6 Å². The standard InChI is InChI=1S/C20H33N3O2.HI/c1-21-20(22-11-6-14-25-16-15-24-2)23-12-9-19(10-13-23)17-18-7-4-3-5-8-18;/h3-5,7-8,19H,6,9-17H2,1-2H3,(H,21,22);1H. The molecule has 148 valence electrons. The van der Waals surface area contributed by atoms with Crippen LogP contribution in [0.1, 0.15) is 24.8 Å². The topological polar surface area (TPSA) is 46.1 Å². The Balaban J connectivity index is 0.00000338. The van der Waals surface area contributed by atoms with Gasteiger partial charge in [-0.2, -0.15) is 0 Å². The van der Waals surface area contributed by atoms with Crippen molar-refractivity contribution in [1.82, 2.24) is 10.2 Å². The van der Waals surface area contributed by atoms with Gasteiger partial charge in [-0.3, -0.25) is 4.99 Å². The molecule has 0 amide bonds. The number of aliphatic imine (C=N–C) groups is 1. The fourth-order valence-corrected chi connectivity index (χ4v) is 3.25. The van der Waals surface area contributed by atoms with Gasteiger partial charge in [-0.15, -0.1) is 24.0 Å². The predicted molar refractivity (Wildman–Crippen MR) is 119 cm³/mol. The van der Waals surface area contributed by atoms with Gasteiger partial charge in [0.1, 0.15) is 0 Å². The lowest BCUT2D eigenvalue weighted by molar-refractivity contribution is 0.0698. The molecule has 6 heteroatoms. The molecule has 2 rings (SSSR count).